The second-order valence-corrected chi connectivity index (χ2v) is 12.5. The third-order valence-electron chi connectivity index (χ3n) is 9.11. The summed E-state index contributed by atoms with van der Waals surface area (Å²) < 4.78 is 15.6. The summed E-state index contributed by atoms with van der Waals surface area (Å²) in [6.07, 6.45) is 3.92. The molecular weight excluding hydrogens is 554 g/mol. The Morgan fingerprint density at radius 1 is 0.733 bits per heavy atom. The zero-order valence-electron chi connectivity index (χ0n) is 26.6. The van der Waals surface area contributed by atoms with Crippen LogP contribution in [0.15, 0.2) is 121 Å². The predicted molar refractivity (Wildman–Crippen MR) is 183 cm³/mol. The van der Waals surface area contributed by atoms with Crippen LogP contribution in [-0.2, 0) is 22.6 Å². The molecule has 5 heteroatoms. The first kappa shape index (κ1) is 31.0. The van der Waals surface area contributed by atoms with E-state index in [1.54, 1.807) is 0 Å². The summed E-state index contributed by atoms with van der Waals surface area (Å²) in [6.45, 7) is 6.37. The lowest BCUT2D eigenvalue weighted by atomic mass is 9.81. The standard InChI is InChI=1S/C40H45N3O2/c1-3-40(26-16-17-27-42(2)28-32-18-8-4-9-19-32)30-44-39(45-31-40)38-41-36(34-22-12-6-13-23-34)37(35-24-14-7-15-25-35)43(38)29-33-20-10-5-11-21-33/h4-15,18-25,39H,3,16-17,26-31H2,1-2H3. The van der Waals surface area contributed by atoms with E-state index in [-0.39, 0.29) is 5.41 Å². The van der Waals surface area contributed by atoms with E-state index in [2.05, 4.69) is 139 Å². The van der Waals surface area contributed by atoms with Crippen molar-refractivity contribution in [1.29, 1.82) is 0 Å². The van der Waals surface area contributed by atoms with Gasteiger partial charge in [0.2, 0.25) is 6.29 Å². The first-order valence-corrected chi connectivity index (χ1v) is 16.3. The molecule has 0 N–H and O–H groups in total. The van der Waals surface area contributed by atoms with Crippen molar-refractivity contribution in [2.24, 2.45) is 5.41 Å². The van der Waals surface area contributed by atoms with Crippen molar-refractivity contribution in [1.82, 2.24) is 14.5 Å². The Morgan fingerprint density at radius 2 is 1.29 bits per heavy atom. The fourth-order valence-electron chi connectivity index (χ4n) is 6.39. The molecular formula is C40H45N3O2. The van der Waals surface area contributed by atoms with Gasteiger partial charge in [-0.2, -0.15) is 0 Å². The highest BCUT2D eigenvalue weighted by molar-refractivity contribution is 5.79. The second-order valence-electron chi connectivity index (χ2n) is 12.5. The minimum absolute atomic E-state index is 0.0237. The molecule has 0 radical (unpaired) electrons. The van der Waals surface area contributed by atoms with Gasteiger partial charge in [0, 0.05) is 29.6 Å². The predicted octanol–water partition coefficient (Wildman–Crippen LogP) is 9.01. The highest BCUT2D eigenvalue weighted by atomic mass is 16.7. The first-order valence-electron chi connectivity index (χ1n) is 16.3. The average Bonchev–Trinajstić information content (AvgIpc) is 3.47. The second kappa shape index (κ2) is 14.8. The van der Waals surface area contributed by atoms with Crippen LogP contribution in [0.2, 0.25) is 0 Å². The molecule has 0 atom stereocenters. The van der Waals surface area contributed by atoms with Gasteiger partial charge in [-0.1, -0.05) is 135 Å². The van der Waals surface area contributed by atoms with E-state index < -0.39 is 6.29 Å². The highest BCUT2D eigenvalue weighted by Crippen LogP contribution is 2.41. The lowest BCUT2D eigenvalue weighted by molar-refractivity contribution is -0.240. The molecule has 1 aromatic heterocycles. The smallest absolute Gasteiger partial charge is 0.217 e. The van der Waals surface area contributed by atoms with Crippen molar-refractivity contribution in [2.75, 3.05) is 26.8 Å². The Kier molecular flexibility index (Phi) is 10.2. The van der Waals surface area contributed by atoms with Crippen LogP contribution in [0.5, 0.6) is 0 Å². The zero-order chi connectivity index (χ0) is 30.9. The summed E-state index contributed by atoms with van der Waals surface area (Å²) in [6, 6.07) is 42.3. The number of rotatable bonds is 13. The van der Waals surface area contributed by atoms with Crippen LogP contribution in [0.3, 0.4) is 0 Å². The van der Waals surface area contributed by atoms with Gasteiger partial charge in [-0.05, 0) is 44.0 Å². The van der Waals surface area contributed by atoms with E-state index >= 15 is 0 Å². The molecule has 6 rings (SSSR count). The number of imidazole rings is 1. The Balaban J connectivity index is 1.20. The first-order chi connectivity index (χ1) is 22.1. The number of hydrogen-bond acceptors (Lipinski definition) is 4. The van der Waals surface area contributed by atoms with E-state index in [1.807, 2.05) is 6.07 Å². The summed E-state index contributed by atoms with van der Waals surface area (Å²) in [5.74, 6) is 0.823. The van der Waals surface area contributed by atoms with Gasteiger partial charge >= 0.3 is 0 Å². The molecule has 2 heterocycles. The van der Waals surface area contributed by atoms with Crippen LogP contribution in [0.1, 0.15) is 55.8 Å². The van der Waals surface area contributed by atoms with Crippen molar-refractivity contribution in [3.05, 3.63) is 138 Å². The molecule has 5 aromatic rings. The van der Waals surface area contributed by atoms with Gasteiger partial charge in [0.25, 0.3) is 0 Å². The average molecular weight is 600 g/mol. The Morgan fingerprint density at radius 3 is 1.89 bits per heavy atom. The Labute approximate surface area is 268 Å². The molecule has 0 saturated carbocycles. The summed E-state index contributed by atoms with van der Waals surface area (Å²) in [7, 11) is 2.21. The number of ether oxygens (including phenoxy) is 2. The van der Waals surface area contributed by atoms with Gasteiger partial charge in [0.05, 0.1) is 24.6 Å². The number of benzene rings is 4. The third-order valence-corrected chi connectivity index (χ3v) is 9.11. The van der Waals surface area contributed by atoms with Crippen molar-refractivity contribution >= 4 is 0 Å². The molecule has 232 valence electrons. The largest absolute Gasteiger partial charge is 0.345 e. The maximum Gasteiger partial charge on any atom is 0.217 e. The van der Waals surface area contributed by atoms with Crippen LogP contribution in [-0.4, -0.2) is 41.3 Å². The molecule has 0 spiro atoms. The normalized spacial score (nSPS) is 18.3. The molecule has 1 aliphatic heterocycles. The summed E-state index contributed by atoms with van der Waals surface area (Å²) in [5.41, 5.74) is 6.84. The SMILES string of the molecule is CCC1(CCCCN(C)Cc2ccccc2)COC(c2nc(-c3ccccc3)c(-c3ccccc3)n2Cc2ccccc2)OC1. The van der Waals surface area contributed by atoms with Gasteiger partial charge in [0.1, 0.15) is 0 Å². The van der Waals surface area contributed by atoms with Gasteiger partial charge in [-0.3, -0.25) is 0 Å². The van der Waals surface area contributed by atoms with Crippen LogP contribution in [0.25, 0.3) is 22.5 Å². The number of hydrogen-bond donors (Lipinski definition) is 0. The van der Waals surface area contributed by atoms with Crippen LogP contribution in [0, 0.1) is 5.41 Å². The Hall–Kier alpha value is -4.03. The van der Waals surface area contributed by atoms with Crippen molar-refractivity contribution < 1.29 is 9.47 Å². The Bertz CT molecular complexity index is 1600. The molecule has 0 bridgehead atoms. The maximum absolute atomic E-state index is 6.63. The molecule has 4 aromatic carbocycles. The topological polar surface area (TPSA) is 39.5 Å². The van der Waals surface area contributed by atoms with Crippen molar-refractivity contribution in [3.8, 4) is 22.5 Å². The molecule has 0 amide bonds. The fraction of sp³-hybridized carbons (Fsp3) is 0.325. The number of aromatic nitrogens is 2. The molecule has 5 nitrogen and oxygen atoms in total. The van der Waals surface area contributed by atoms with E-state index in [4.69, 9.17) is 14.5 Å². The van der Waals surface area contributed by atoms with E-state index in [0.29, 0.717) is 19.8 Å². The molecule has 1 fully saturated rings. The monoisotopic (exact) mass is 599 g/mol. The number of nitrogens with zero attached hydrogens (tertiary/aromatic N) is 3. The van der Waals surface area contributed by atoms with E-state index in [0.717, 1.165) is 67.1 Å². The van der Waals surface area contributed by atoms with Gasteiger partial charge in [0.15, 0.2) is 5.82 Å². The minimum atomic E-state index is -0.523. The quantitative estimate of drug-likeness (QED) is 0.127. The number of unbranched alkanes of at least 4 members (excludes halogenated alkanes) is 1. The molecule has 0 unspecified atom stereocenters. The fourth-order valence-corrected chi connectivity index (χ4v) is 6.39. The lowest BCUT2D eigenvalue weighted by Gasteiger charge is -2.39. The van der Waals surface area contributed by atoms with Crippen LogP contribution in [0.4, 0.5) is 0 Å². The third kappa shape index (κ3) is 7.62. The van der Waals surface area contributed by atoms with E-state index in [1.165, 1.54) is 11.1 Å². The maximum atomic E-state index is 6.63. The van der Waals surface area contributed by atoms with E-state index in [9.17, 15) is 0 Å². The van der Waals surface area contributed by atoms with Gasteiger partial charge in [-0.15, -0.1) is 0 Å². The summed E-state index contributed by atoms with van der Waals surface area (Å²) in [4.78, 5) is 7.70. The zero-order valence-corrected chi connectivity index (χ0v) is 26.6. The van der Waals surface area contributed by atoms with Crippen molar-refractivity contribution in [3.63, 3.8) is 0 Å². The van der Waals surface area contributed by atoms with Crippen LogP contribution < -0.4 is 0 Å². The molecule has 1 saturated heterocycles. The van der Waals surface area contributed by atoms with Gasteiger partial charge in [-0.25, -0.2) is 4.98 Å². The van der Waals surface area contributed by atoms with Crippen LogP contribution >= 0.6 is 0 Å². The van der Waals surface area contributed by atoms with Crippen molar-refractivity contribution in [2.45, 2.75) is 52.0 Å². The minimum Gasteiger partial charge on any atom is -0.345 e. The summed E-state index contributed by atoms with van der Waals surface area (Å²) >= 11 is 0. The lowest BCUT2D eigenvalue weighted by Crippen LogP contribution is -2.39. The molecule has 1 aliphatic rings. The molecule has 45 heavy (non-hydrogen) atoms. The van der Waals surface area contributed by atoms with Gasteiger partial charge < -0.3 is 18.9 Å². The highest BCUT2D eigenvalue weighted by Gasteiger charge is 2.38. The molecule has 0 aliphatic carbocycles. The summed E-state index contributed by atoms with van der Waals surface area (Å²) in [5, 5.41) is 0.